The summed E-state index contributed by atoms with van der Waals surface area (Å²) in [5, 5.41) is 3.47. The van der Waals surface area contributed by atoms with Crippen LogP contribution in [0, 0.1) is 12.3 Å². The Hall–Kier alpha value is -0.520. The second kappa shape index (κ2) is 3.93. The van der Waals surface area contributed by atoms with Gasteiger partial charge in [-0.1, -0.05) is 0 Å². The molecule has 0 aromatic heterocycles. The SMILES string of the molecule is C#CCCN1CCNC(C)(C)C1. The number of nitrogens with zero attached hydrogens (tertiary/aromatic N) is 1. The molecule has 68 valence electrons. The van der Waals surface area contributed by atoms with Crippen LogP contribution in [0.15, 0.2) is 0 Å². The van der Waals surface area contributed by atoms with Crippen LogP contribution in [0.25, 0.3) is 0 Å². The summed E-state index contributed by atoms with van der Waals surface area (Å²) < 4.78 is 0. The van der Waals surface area contributed by atoms with Gasteiger partial charge in [-0.15, -0.1) is 12.3 Å². The minimum absolute atomic E-state index is 0.257. The molecule has 0 aliphatic carbocycles. The first-order chi connectivity index (χ1) is 5.64. The van der Waals surface area contributed by atoms with E-state index >= 15 is 0 Å². The number of hydrogen-bond donors (Lipinski definition) is 1. The maximum absolute atomic E-state index is 5.22. The molecule has 0 spiro atoms. The molecule has 1 rings (SSSR count). The normalized spacial score (nSPS) is 23.4. The molecule has 0 unspecified atom stereocenters. The number of nitrogens with one attached hydrogen (secondary N) is 1. The minimum atomic E-state index is 0.257. The highest BCUT2D eigenvalue weighted by atomic mass is 15.2. The van der Waals surface area contributed by atoms with Crippen molar-refractivity contribution in [3.8, 4) is 12.3 Å². The minimum Gasteiger partial charge on any atom is -0.309 e. The van der Waals surface area contributed by atoms with Crippen LogP contribution in [0.5, 0.6) is 0 Å². The van der Waals surface area contributed by atoms with E-state index in [4.69, 9.17) is 6.42 Å². The second-order valence-electron chi connectivity index (χ2n) is 4.04. The van der Waals surface area contributed by atoms with Crippen molar-refractivity contribution in [2.75, 3.05) is 26.2 Å². The molecule has 2 heteroatoms. The Morgan fingerprint density at radius 1 is 1.58 bits per heavy atom. The average molecular weight is 166 g/mol. The van der Waals surface area contributed by atoms with Gasteiger partial charge < -0.3 is 5.32 Å². The van der Waals surface area contributed by atoms with E-state index in [1.165, 1.54) is 0 Å². The summed E-state index contributed by atoms with van der Waals surface area (Å²) in [5.74, 6) is 2.68. The Labute approximate surface area is 75.3 Å². The van der Waals surface area contributed by atoms with Crippen LogP contribution < -0.4 is 5.32 Å². The van der Waals surface area contributed by atoms with Gasteiger partial charge >= 0.3 is 0 Å². The summed E-state index contributed by atoms with van der Waals surface area (Å²) in [7, 11) is 0. The molecule has 1 aliphatic heterocycles. The third kappa shape index (κ3) is 2.84. The third-order valence-electron chi connectivity index (χ3n) is 2.22. The lowest BCUT2D eigenvalue weighted by Crippen LogP contribution is -2.56. The van der Waals surface area contributed by atoms with Crippen molar-refractivity contribution in [2.24, 2.45) is 0 Å². The van der Waals surface area contributed by atoms with Crippen LogP contribution in [0.1, 0.15) is 20.3 Å². The molecule has 1 fully saturated rings. The summed E-state index contributed by atoms with van der Waals surface area (Å²) in [6.07, 6.45) is 6.09. The summed E-state index contributed by atoms with van der Waals surface area (Å²) in [6.45, 7) is 8.82. The van der Waals surface area contributed by atoms with Crippen molar-refractivity contribution < 1.29 is 0 Å². The molecule has 2 nitrogen and oxygen atoms in total. The van der Waals surface area contributed by atoms with Gasteiger partial charge in [-0.25, -0.2) is 0 Å². The molecule has 0 bridgehead atoms. The summed E-state index contributed by atoms with van der Waals surface area (Å²) in [6, 6.07) is 0. The molecular formula is C10H18N2. The van der Waals surface area contributed by atoms with Gasteiger partial charge in [0, 0.05) is 38.1 Å². The van der Waals surface area contributed by atoms with Crippen LogP contribution in [-0.2, 0) is 0 Å². The average Bonchev–Trinajstić information content (AvgIpc) is 1.99. The zero-order valence-electron chi connectivity index (χ0n) is 8.06. The maximum atomic E-state index is 5.22. The molecule has 0 aromatic carbocycles. The van der Waals surface area contributed by atoms with Gasteiger partial charge in [0.2, 0.25) is 0 Å². The maximum Gasteiger partial charge on any atom is 0.0252 e. The number of piperazine rings is 1. The van der Waals surface area contributed by atoms with Crippen LogP contribution in [0.3, 0.4) is 0 Å². The number of hydrogen-bond acceptors (Lipinski definition) is 2. The van der Waals surface area contributed by atoms with Crippen LogP contribution in [-0.4, -0.2) is 36.6 Å². The van der Waals surface area contributed by atoms with Crippen molar-refractivity contribution in [1.29, 1.82) is 0 Å². The Bertz CT molecular complexity index is 179. The Kier molecular flexibility index (Phi) is 3.13. The Morgan fingerprint density at radius 3 is 2.92 bits per heavy atom. The molecule has 0 radical (unpaired) electrons. The zero-order valence-corrected chi connectivity index (χ0v) is 8.06. The highest BCUT2D eigenvalue weighted by Crippen LogP contribution is 2.09. The van der Waals surface area contributed by atoms with E-state index in [0.29, 0.717) is 0 Å². The lowest BCUT2D eigenvalue weighted by Gasteiger charge is -2.38. The van der Waals surface area contributed by atoms with Gasteiger partial charge in [0.25, 0.3) is 0 Å². The van der Waals surface area contributed by atoms with E-state index in [-0.39, 0.29) is 5.54 Å². The lowest BCUT2D eigenvalue weighted by atomic mass is 10.0. The van der Waals surface area contributed by atoms with Crippen molar-refractivity contribution in [3.63, 3.8) is 0 Å². The first kappa shape index (κ1) is 9.57. The quantitative estimate of drug-likeness (QED) is 0.607. The van der Waals surface area contributed by atoms with E-state index in [9.17, 15) is 0 Å². The first-order valence-electron chi connectivity index (χ1n) is 4.55. The van der Waals surface area contributed by atoms with Crippen molar-refractivity contribution >= 4 is 0 Å². The van der Waals surface area contributed by atoms with Crippen molar-refractivity contribution in [1.82, 2.24) is 10.2 Å². The summed E-state index contributed by atoms with van der Waals surface area (Å²) in [4.78, 5) is 2.43. The Balaban J connectivity index is 2.32. The van der Waals surface area contributed by atoms with Crippen molar-refractivity contribution in [2.45, 2.75) is 25.8 Å². The summed E-state index contributed by atoms with van der Waals surface area (Å²) in [5.41, 5.74) is 0.257. The van der Waals surface area contributed by atoms with Gasteiger partial charge in [0.05, 0.1) is 0 Å². The molecule has 0 amide bonds. The molecule has 0 saturated carbocycles. The third-order valence-corrected chi connectivity index (χ3v) is 2.22. The van der Waals surface area contributed by atoms with Gasteiger partial charge in [-0.05, 0) is 13.8 Å². The highest BCUT2D eigenvalue weighted by Gasteiger charge is 2.24. The fourth-order valence-electron chi connectivity index (χ4n) is 1.66. The molecule has 1 saturated heterocycles. The smallest absolute Gasteiger partial charge is 0.0252 e. The van der Waals surface area contributed by atoms with E-state index in [0.717, 1.165) is 32.6 Å². The van der Waals surface area contributed by atoms with Crippen LogP contribution >= 0.6 is 0 Å². The second-order valence-corrected chi connectivity index (χ2v) is 4.04. The Morgan fingerprint density at radius 2 is 2.33 bits per heavy atom. The van der Waals surface area contributed by atoms with Crippen LogP contribution in [0.4, 0.5) is 0 Å². The largest absolute Gasteiger partial charge is 0.309 e. The molecule has 12 heavy (non-hydrogen) atoms. The standard InChI is InChI=1S/C10H18N2/c1-4-5-7-12-8-6-11-10(2,3)9-12/h1,11H,5-9H2,2-3H3. The molecule has 0 atom stereocenters. The van der Waals surface area contributed by atoms with E-state index < -0.39 is 0 Å². The van der Waals surface area contributed by atoms with Gasteiger partial charge in [-0.3, -0.25) is 4.90 Å². The fourth-order valence-corrected chi connectivity index (χ4v) is 1.66. The molecular weight excluding hydrogens is 148 g/mol. The first-order valence-corrected chi connectivity index (χ1v) is 4.55. The van der Waals surface area contributed by atoms with Crippen LogP contribution in [0.2, 0.25) is 0 Å². The van der Waals surface area contributed by atoms with E-state index in [1.54, 1.807) is 0 Å². The van der Waals surface area contributed by atoms with Gasteiger partial charge in [-0.2, -0.15) is 0 Å². The monoisotopic (exact) mass is 166 g/mol. The zero-order chi connectivity index (χ0) is 9.03. The predicted molar refractivity (Wildman–Crippen MR) is 52.0 cm³/mol. The molecule has 1 N–H and O–H groups in total. The fraction of sp³-hybridized carbons (Fsp3) is 0.800. The molecule has 1 heterocycles. The van der Waals surface area contributed by atoms with E-state index in [1.807, 2.05) is 0 Å². The molecule has 1 aliphatic rings. The van der Waals surface area contributed by atoms with Gasteiger partial charge in [0.15, 0.2) is 0 Å². The summed E-state index contributed by atoms with van der Waals surface area (Å²) >= 11 is 0. The number of rotatable bonds is 2. The highest BCUT2D eigenvalue weighted by molar-refractivity contribution is 4.90. The van der Waals surface area contributed by atoms with E-state index in [2.05, 4.69) is 30.0 Å². The predicted octanol–water partition coefficient (Wildman–Crippen LogP) is 0.694. The lowest BCUT2D eigenvalue weighted by molar-refractivity contribution is 0.158. The number of terminal acetylenes is 1. The van der Waals surface area contributed by atoms with Crippen molar-refractivity contribution in [3.05, 3.63) is 0 Å². The topological polar surface area (TPSA) is 15.3 Å². The molecule has 0 aromatic rings. The van der Waals surface area contributed by atoms with Gasteiger partial charge in [0.1, 0.15) is 0 Å².